The molecule has 8 heteroatoms. The number of hydrazone groups is 1. The number of aryl methyl sites for hydroxylation is 2. The minimum atomic E-state index is -1.00. The number of nitrogens with one attached hydrogen (secondary N) is 1. The van der Waals surface area contributed by atoms with Gasteiger partial charge in [0.05, 0.1) is 11.9 Å². The van der Waals surface area contributed by atoms with Crippen molar-refractivity contribution in [2.75, 3.05) is 11.6 Å². The molecule has 2 N–H and O–H groups in total. The van der Waals surface area contributed by atoms with Crippen LogP contribution < -0.4 is 10.3 Å². The Morgan fingerprint density at radius 1 is 1.31 bits per heavy atom. The zero-order valence-electron chi connectivity index (χ0n) is 14.5. The molecule has 8 nitrogen and oxygen atoms in total. The largest absolute Gasteiger partial charge is 0.480 e. The third-order valence-electron chi connectivity index (χ3n) is 4.16. The number of carboxylic acid groups (broad SMARTS) is 1. The second-order valence-electron chi connectivity index (χ2n) is 6.17. The summed E-state index contributed by atoms with van der Waals surface area (Å²) in [4.78, 5) is 23.8. The number of amides is 1. The molecule has 1 unspecified atom stereocenters. The van der Waals surface area contributed by atoms with Gasteiger partial charge in [0, 0.05) is 26.2 Å². The van der Waals surface area contributed by atoms with E-state index in [1.807, 2.05) is 19.3 Å². The van der Waals surface area contributed by atoms with Crippen molar-refractivity contribution in [3.8, 4) is 0 Å². The first-order chi connectivity index (χ1) is 12.5. The van der Waals surface area contributed by atoms with Gasteiger partial charge in [-0.25, -0.2) is 4.79 Å². The first-order valence-corrected chi connectivity index (χ1v) is 8.45. The number of carbonyl (C=O) groups excluding carboxylic acids is 1. The maximum atomic E-state index is 12.3. The van der Waals surface area contributed by atoms with Crippen LogP contribution in [0, 0.1) is 0 Å². The standard InChI is InChI=1S/C18H21N5O3/c1-22-12-13(11-20-22)6-5-9-19-17(24)15-10-16(18(25)26)23(21-15)14-7-3-2-4-8-14/h2-4,7-8,11-12,16H,5-6,9-10H2,1H3,(H,19,24)(H,25,26). The smallest absolute Gasteiger partial charge is 0.328 e. The lowest BCUT2D eigenvalue weighted by molar-refractivity contribution is -0.138. The van der Waals surface area contributed by atoms with E-state index in [1.54, 1.807) is 35.1 Å². The molecule has 0 bridgehead atoms. The van der Waals surface area contributed by atoms with Crippen LogP contribution in [0.25, 0.3) is 0 Å². The van der Waals surface area contributed by atoms with Gasteiger partial charge in [-0.15, -0.1) is 0 Å². The van der Waals surface area contributed by atoms with E-state index >= 15 is 0 Å². The summed E-state index contributed by atoms with van der Waals surface area (Å²) in [6.45, 7) is 0.496. The second-order valence-corrected chi connectivity index (χ2v) is 6.17. The molecule has 2 heterocycles. The van der Waals surface area contributed by atoms with Crippen LogP contribution in [-0.4, -0.2) is 45.1 Å². The van der Waals surface area contributed by atoms with E-state index in [1.165, 1.54) is 5.01 Å². The number of nitrogens with zero attached hydrogens (tertiary/aromatic N) is 4. The second kappa shape index (κ2) is 7.81. The molecule has 1 atom stereocenters. The topological polar surface area (TPSA) is 99.8 Å². The quantitative estimate of drug-likeness (QED) is 0.727. The van der Waals surface area contributed by atoms with Gasteiger partial charge in [0.25, 0.3) is 5.91 Å². The lowest BCUT2D eigenvalue weighted by atomic mass is 10.1. The fourth-order valence-corrected chi connectivity index (χ4v) is 2.86. The van der Waals surface area contributed by atoms with Crippen LogP contribution in [0.15, 0.2) is 47.8 Å². The van der Waals surface area contributed by atoms with Crippen molar-refractivity contribution in [3.63, 3.8) is 0 Å². The Balaban J connectivity index is 1.57. The molecule has 136 valence electrons. The third-order valence-corrected chi connectivity index (χ3v) is 4.16. The maximum absolute atomic E-state index is 12.3. The molecule has 1 aromatic heterocycles. The Hall–Kier alpha value is -3.16. The first-order valence-electron chi connectivity index (χ1n) is 8.45. The number of para-hydroxylation sites is 1. The molecular weight excluding hydrogens is 334 g/mol. The lowest BCUT2D eigenvalue weighted by Crippen LogP contribution is -2.35. The van der Waals surface area contributed by atoms with Crippen molar-refractivity contribution >= 4 is 23.3 Å². The van der Waals surface area contributed by atoms with E-state index in [0.29, 0.717) is 12.2 Å². The van der Waals surface area contributed by atoms with Crippen LogP contribution >= 0.6 is 0 Å². The monoisotopic (exact) mass is 355 g/mol. The summed E-state index contributed by atoms with van der Waals surface area (Å²) >= 11 is 0. The van der Waals surface area contributed by atoms with Crippen LogP contribution in [0.1, 0.15) is 18.4 Å². The molecule has 3 rings (SSSR count). The summed E-state index contributed by atoms with van der Waals surface area (Å²) in [6.07, 6.45) is 5.42. The van der Waals surface area contributed by atoms with E-state index in [4.69, 9.17) is 0 Å². The van der Waals surface area contributed by atoms with E-state index in [0.717, 1.165) is 18.4 Å². The van der Waals surface area contributed by atoms with Crippen LogP contribution in [0.3, 0.4) is 0 Å². The normalized spacial score (nSPS) is 16.4. The Kier molecular flexibility index (Phi) is 5.31. The van der Waals surface area contributed by atoms with Crippen molar-refractivity contribution in [1.82, 2.24) is 15.1 Å². The van der Waals surface area contributed by atoms with Crippen molar-refractivity contribution < 1.29 is 14.7 Å². The number of aromatic nitrogens is 2. The zero-order valence-corrected chi connectivity index (χ0v) is 14.5. The van der Waals surface area contributed by atoms with Crippen molar-refractivity contribution in [3.05, 3.63) is 48.3 Å². The van der Waals surface area contributed by atoms with Gasteiger partial charge in [-0.3, -0.25) is 14.5 Å². The molecular formula is C18H21N5O3. The Morgan fingerprint density at radius 3 is 2.73 bits per heavy atom. The number of benzene rings is 1. The minimum Gasteiger partial charge on any atom is -0.480 e. The van der Waals surface area contributed by atoms with Crippen molar-refractivity contribution in [2.45, 2.75) is 25.3 Å². The predicted octanol–water partition coefficient (Wildman–Crippen LogP) is 1.19. The molecule has 0 spiro atoms. The van der Waals surface area contributed by atoms with Gasteiger partial charge in [0.15, 0.2) is 6.04 Å². The Labute approximate surface area is 151 Å². The molecule has 2 aromatic rings. The SMILES string of the molecule is Cn1cc(CCCNC(=O)C2=NN(c3ccccc3)C(C(=O)O)C2)cn1. The van der Waals surface area contributed by atoms with Crippen molar-refractivity contribution in [2.24, 2.45) is 12.1 Å². The number of hydrogen-bond acceptors (Lipinski definition) is 5. The molecule has 0 saturated heterocycles. The molecule has 1 aliphatic heterocycles. The molecule has 0 fully saturated rings. The number of carboxylic acids is 1. The molecule has 26 heavy (non-hydrogen) atoms. The van der Waals surface area contributed by atoms with Crippen LogP contribution in [0.4, 0.5) is 5.69 Å². The van der Waals surface area contributed by atoms with Crippen LogP contribution in [0.5, 0.6) is 0 Å². The highest BCUT2D eigenvalue weighted by Gasteiger charge is 2.35. The third kappa shape index (κ3) is 4.08. The number of carbonyl (C=O) groups is 2. The van der Waals surface area contributed by atoms with E-state index < -0.39 is 12.0 Å². The number of aliphatic carboxylic acids is 1. The fraction of sp³-hybridized carbons (Fsp3) is 0.333. The molecule has 0 saturated carbocycles. The summed E-state index contributed by atoms with van der Waals surface area (Å²) < 4.78 is 1.74. The summed E-state index contributed by atoms with van der Waals surface area (Å²) in [5.41, 5.74) is 2.00. The molecule has 1 amide bonds. The number of anilines is 1. The maximum Gasteiger partial charge on any atom is 0.328 e. The zero-order chi connectivity index (χ0) is 18.5. The highest BCUT2D eigenvalue weighted by atomic mass is 16.4. The highest BCUT2D eigenvalue weighted by Crippen LogP contribution is 2.24. The van der Waals surface area contributed by atoms with Crippen LogP contribution in [0.2, 0.25) is 0 Å². The van der Waals surface area contributed by atoms with E-state index in [9.17, 15) is 14.7 Å². The Morgan fingerprint density at radius 2 is 2.08 bits per heavy atom. The molecule has 1 aliphatic rings. The Bertz CT molecular complexity index is 815. The number of rotatable bonds is 7. The number of hydrogen-bond donors (Lipinski definition) is 2. The van der Waals surface area contributed by atoms with Crippen LogP contribution in [-0.2, 0) is 23.1 Å². The summed E-state index contributed by atoms with van der Waals surface area (Å²) in [7, 11) is 1.86. The average Bonchev–Trinajstić information content (AvgIpc) is 3.26. The predicted molar refractivity (Wildman–Crippen MR) is 96.9 cm³/mol. The summed E-state index contributed by atoms with van der Waals surface area (Å²) in [5.74, 6) is -1.32. The highest BCUT2D eigenvalue weighted by molar-refractivity contribution is 6.40. The van der Waals surface area contributed by atoms with Gasteiger partial charge >= 0.3 is 5.97 Å². The first kappa shape index (κ1) is 17.7. The van der Waals surface area contributed by atoms with Gasteiger partial charge in [0.2, 0.25) is 0 Å². The van der Waals surface area contributed by atoms with E-state index in [-0.39, 0.29) is 18.0 Å². The minimum absolute atomic E-state index is 0.0820. The molecule has 0 radical (unpaired) electrons. The molecule has 1 aromatic carbocycles. The summed E-state index contributed by atoms with van der Waals surface area (Å²) in [5, 5.41) is 22.0. The van der Waals surface area contributed by atoms with Gasteiger partial charge in [-0.05, 0) is 30.5 Å². The van der Waals surface area contributed by atoms with Gasteiger partial charge < -0.3 is 10.4 Å². The van der Waals surface area contributed by atoms with E-state index in [2.05, 4.69) is 15.5 Å². The van der Waals surface area contributed by atoms with Gasteiger partial charge in [-0.2, -0.15) is 10.2 Å². The molecule has 0 aliphatic carbocycles. The fourth-order valence-electron chi connectivity index (χ4n) is 2.86. The van der Waals surface area contributed by atoms with Gasteiger partial charge in [0.1, 0.15) is 5.71 Å². The van der Waals surface area contributed by atoms with Gasteiger partial charge in [-0.1, -0.05) is 18.2 Å². The van der Waals surface area contributed by atoms with Crippen molar-refractivity contribution in [1.29, 1.82) is 0 Å². The average molecular weight is 355 g/mol. The lowest BCUT2D eigenvalue weighted by Gasteiger charge is -2.19. The summed E-state index contributed by atoms with van der Waals surface area (Å²) in [6, 6.07) is 8.13.